The molecule has 0 bridgehead atoms. The smallest absolute Gasteiger partial charge is 0.242 e. The van der Waals surface area contributed by atoms with Crippen LogP contribution in [0.2, 0.25) is 5.02 Å². The van der Waals surface area contributed by atoms with Crippen molar-refractivity contribution in [2.75, 3.05) is 30.8 Å². The lowest BCUT2D eigenvalue weighted by Crippen LogP contribution is -2.48. The van der Waals surface area contributed by atoms with Crippen molar-refractivity contribution in [1.82, 2.24) is 10.2 Å². The Labute approximate surface area is 219 Å². The summed E-state index contributed by atoms with van der Waals surface area (Å²) >= 11 is 5.99. The fraction of sp³-hybridized carbons (Fsp3) is 0.462. The summed E-state index contributed by atoms with van der Waals surface area (Å²) in [5.41, 5.74) is 1.33. The molecule has 1 atom stereocenters. The number of hydrogen-bond acceptors (Lipinski definition) is 5. The lowest BCUT2D eigenvalue weighted by Gasteiger charge is -2.29. The van der Waals surface area contributed by atoms with Crippen molar-refractivity contribution in [1.29, 1.82) is 0 Å². The van der Waals surface area contributed by atoms with E-state index >= 15 is 0 Å². The fourth-order valence-corrected chi connectivity index (χ4v) is 4.67. The van der Waals surface area contributed by atoms with E-state index in [2.05, 4.69) is 5.32 Å². The highest BCUT2D eigenvalue weighted by molar-refractivity contribution is 7.92. The van der Waals surface area contributed by atoms with Crippen molar-refractivity contribution in [3.8, 4) is 5.75 Å². The van der Waals surface area contributed by atoms with E-state index in [9.17, 15) is 18.0 Å². The Morgan fingerprint density at radius 1 is 1.03 bits per heavy atom. The van der Waals surface area contributed by atoms with Crippen LogP contribution in [0.3, 0.4) is 0 Å². The van der Waals surface area contributed by atoms with Crippen molar-refractivity contribution < 1.29 is 22.7 Å². The molecule has 0 aliphatic rings. The highest BCUT2D eigenvalue weighted by Gasteiger charge is 2.26. The van der Waals surface area contributed by atoms with Gasteiger partial charge in [-0.05, 0) is 61.2 Å². The van der Waals surface area contributed by atoms with Crippen molar-refractivity contribution in [3.05, 3.63) is 59.1 Å². The third-order valence-electron chi connectivity index (χ3n) is 5.63. The molecule has 0 aromatic heterocycles. The van der Waals surface area contributed by atoms with Crippen LogP contribution >= 0.6 is 11.6 Å². The number of nitrogens with one attached hydrogen (secondary N) is 1. The van der Waals surface area contributed by atoms with Crippen LogP contribution < -0.4 is 14.4 Å². The second-order valence-electron chi connectivity index (χ2n) is 9.10. The van der Waals surface area contributed by atoms with Gasteiger partial charge in [-0.25, -0.2) is 8.42 Å². The number of ether oxygens (including phenoxy) is 1. The molecule has 198 valence electrons. The molecule has 2 aromatic carbocycles. The monoisotopic (exact) mass is 537 g/mol. The molecule has 10 heteroatoms. The first-order valence-electron chi connectivity index (χ1n) is 11.9. The lowest BCUT2D eigenvalue weighted by molar-refractivity contribution is -0.140. The zero-order valence-electron chi connectivity index (χ0n) is 21.5. The molecule has 1 N–H and O–H groups in total. The quantitative estimate of drug-likeness (QED) is 0.415. The molecule has 0 heterocycles. The normalized spacial score (nSPS) is 12.2. The number of sulfonamides is 1. The number of methoxy groups -OCH3 is 1. The van der Waals surface area contributed by atoms with Gasteiger partial charge in [-0.2, -0.15) is 0 Å². The summed E-state index contributed by atoms with van der Waals surface area (Å²) in [7, 11) is -2.03. The maximum atomic E-state index is 13.3. The fourth-order valence-electron chi connectivity index (χ4n) is 3.57. The summed E-state index contributed by atoms with van der Waals surface area (Å²) in [5, 5.41) is 3.47. The van der Waals surface area contributed by atoms with Gasteiger partial charge in [0, 0.05) is 31.1 Å². The van der Waals surface area contributed by atoms with Gasteiger partial charge in [-0.1, -0.05) is 37.6 Å². The first-order valence-corrected chi connectivity index (χ1v) is 14.1. The van der Waals surface area contributed by atoms with E-state index in [1.54, 1.807) is 43.3 Å². The minimum atomic E-state index is -3.56. The standard InChI is InChI=1S/C26H36ClN3O5S/c1-19(2)17-28-26(32)20(3)29(18-21-8-10-22(27)11-9-21)25(31)7-6-16-30(36(5,33)34)23-12-14-24(35-4)15-13-23/h8-15,19-20H,6-7,16-18H2,1-5H3,(H,28,32)/t20-/m1/s1. The molecular weight excluding hydrogens is 502 g/mol. The van der Waals surface area contributed by atoms with Gasteiger partial charge in [-0.3, -0.25) is 13.9 Å². The summed E-state index contributed by atoms with van der Waals surface area (Å²) in [6.45, 7) is 6.57. The number of nitrogens with zero attached hydrogens (tertiary/aromatic N) is 2. The number of benzene rings is 2. The minimum Gasteiger partial charge on any atom is -0.497 e. The van der Waals surface area contributed by atoms with Crippen LogP contribution in [0.5, 0.6) is 5.75 Å². The third-order valence-corrected chi connectivity index (χ3v) is 7.08. The van der Waals surface area contributed by atoms with Crippen LogP contribution in [0.1, 0.15) is 39.2 Å². The average Bonchev–Trinajstić information content (AvgIpc) is 2.83. The van der Waals surface area contributed by atoms with E-state index in [1.807, 2.05) is 26.0 Å². The van der Waals surface area contributed by atoms with Gasteiger partial charge in [0.2, 0.25) is 21.8 Å². The Kier molecular flexibility index (Phi) is 11.0. The number of halogens is 1. The van der Waals surface area contributed by atoms with Crippen LogP contribution in [-0.2, 0) is 26.2 Å². The Hall–Kier alpha value is -2.78. The summed E-state index contributed by atoms with van der Waals surface area (Å²) in [5.74, 6) is 0.425. The minimum absolute atomic E-state index is 0.0809. The van der Waals surface area contributed by atoms with Crippen LogP contribution in [0.4, 0.5) is 5.69 Å². The predicted molar refractivity (Wildman–Crippen MR) is 144 cm³/mol. The maximum absolute atomic E-state index is 13.3. The summed E-state index contributed by atoms with van der Waals surface area (Å²) < 4.78 is 31.3. The first-order chi connectivity index (χ1) is 16.9. The van der Waals surface area contributed by atoms with Crippen molar-refractivity contribution in [2.24, 2.45) is 5.92 Å². The Balaban J connectivity index is 2.14. The molecule has 0 unspecified atom stereocenters. The van der Waals surface area contributed by atoms with E-state index in [0.717, 1.165) is 11.8 Å². The second-order valence-corrected chi connectivity index (χ2v) is 11.4. The first kappa shape index (κ1) is 29.5. The molecule has 0 saturated carbocycles. The van der Waals surface area contributed by atoms with Crippen LogP contribution in [0.25, 0.3) is 0 Å². The highest BCUT2D eigenvalue weighted by atomic mass is 35.5. The van der Waals surface area contributed by atoms with Gasteiger partial charge in [0.25, 0.3) is 0 Å². The molecular formula is C26H36ClN3O5S. The number of anilines is 1. The molecule has 8 nitrogen and oxygen atoms in total. The summed E-state index contributed by atoms with van der Waals surface area (Å²) in [6, 6.07) is 13.1. The SMILES string of the molecule is COc1ccc(N(CCCC(=O)N(Cc2ccc(Cl)cc2)[C@H](C)C(=O)NCC(C)C)S(C)(=O)=O)cc1. The molecule has 0 saturated heterocycles. The van der Waals surface area contributed by atoms with Crippen molar-refractivity contribution in [3.63, 3.8) is 0 Å². The van der Waals surface area contributed by atoms with Gasteiger partial charge in [0.15, 0.2) is 0 Å². The van der Waals surface area contributed by atoms with Gasteiger partial charge in [0.05, 0.1) is 19.1 Å². The van der Waals surface area contributed by atoms with Crippen LogP contribution in [0, 0.1) is 5.92 Å². The molecule has 0 aliphatic heterocycles. The Bertz CT molecular complexity index is 1110. The maximum Gasteiger partial charge on any atom is 0.242 e. The molecule has 0 spiro atoms. The number of carbonyl (C=O) groups is 2. The predicted octanol–water partition coefficient (Wildman–Crippen LogP) is 4.08. The van der Waals surface area contributed by atoms with E-state index < -0.39 is 16.1 Å². The molecule has 0 aliphatic carbocycles. The van der Waals surface area contributed by atoms with E-state index in [-0.39, 0.29) is 43.7 Å². The summed E-state index contributed by atoms with van der Waals surface area (Å²) in [6.07, 6.45) is 1.50. The molecule has 2 aromatic rings. The lowest BCUT2D eigenvalue weighted by atomic mass is 10.1. The highest BCUT2D eigenvalue weighted by Crippen LogP contribution is 2.22. The van der Waals surface area contributed by atoms with E-state index in [0.29, 0.717) is 23.0 Å². The number of rotatable bonds is 13. The molecule has 0 radical (unpaired) electrons. The third kappa shape index (κ3) is 9.02. The topological polar surface area (TPSA) is 96.0 Å². The number of carbonyl (C=O) groups excluding carboxylic acids is 2. The zero-order valence-corrected chi connectivity index (χ0v) is 23.1. The Morgan fingerprint density at radius 2 is 1.64 bits per heavy atom. The molecule has 2 amide bonds. The van der Waals surface area contributed by atoms with Crippen molar-refractivity contribution >= 4 is 39.1 Å². The molecule has 36 heavy (non-hydrogen) atoms. The Morgan fingerprint density at radius 3 is 2.17 bits per heavy atom. The van der Waals surface area contributed by atoms with E-state index in [1.165, 1.54) is 16.3 Å². The number of hydrogen-bond donors (Lipinski definition) is 1. The number of amides is 2. The largest absolute Gasteiger partial charge is 0.497 e. The van der Waals surface area contributed by atoms with Gasteiger partial charge in [0.1, 0.15) is 11.8 Å². The van der Waals surface area contributed by atoms with Gasteiger partial charge < -0.3 is 15.0 Å². The van der Waals surface area contributed by atoms with Crippen LogP contribution in [0.15, 0.2) is 48.5 Å². The average molecular weight is 538 g/mol. The van der Waals surface area contributed by atoms with Crippen LogP contribution in [-0.4, -0.2) is 57.6 Å². The van der Waals surface area contributed by atoms with Crippen molar-refractivity contribution in [2.45, 2.75) is 46.2 Å². The van der Waals surface area contributed by atoms with Gasteiger partial charge >= 0.3 is 0 Å². The molecule has 0 fully saturated rings. The zero-order chi connectivity index (χ0) is 26.9. The molecule has 2 rings (SSSR count). The van der Waals surface area contributed by atoms with Gasteiger partial charge in [-0.15, -0.1) is 0 Å². The summed E-state index contributed by atoms with van der Waals surface area (Å²) in [4.78, 5) is 27.6. The second kappa shape index (κ2) is 13.5. The van der Waals surface area contributed by atoms with E-state index in [4.69, 9.17) is 16.3 Å².